The van der Waals surface area contributed by atoms with Gasteiger partial charge in [-0.15, -0.1) is 0 Å². The third-order valence-electron chi connectivity index (χ3n) is 3.17. The summed E-state index contributed by atoms with van der Waals surface area (Å²) in [6.45, 7) is 0.638. The van der Waals surface area contributed by atoms with E-state index in [0.29, 0.717) is 17.9 Å². The number of hydrogen-bond donors (Lipinski definition) is 1. The first-order valence-electron chi connectivity index (χ1n) is 6.86. The van der Waals surface area contributed by atoms with Crippen LogP contribution in [-0.2, 0) is 6.42 Å². The quantitative estimate of drug-likeness (QED) is 0.826. The minimum Gasteiger partial charge on any atom is -0.497 e. The smallest absolute Gasteiger partial charge is 0.251 e. The Labute approximate surface area is 129 Å². The van der Waals surface area contributed by atoms with Gasteiger partial charge in [-0.3, -0.25) is 4.79 Å². The van der Waals surface area contributed by atoms with Crippen LogP contribution in [0.3, 0.4) is 0 Å². The van der Waals surface area contributed by atoms with Crippen molar-refractivity contribution in [1.29, 1.82) is 0 Å². The number of benzene rings is 2. The number of nitrogens with one attached hydrogen (secondary N) is 1. The first-order valence-corrected chi connectivity index (χ1v) is 7.23. The largest absolute Gasteiger partial charge is 0.497 e. The van der Waals surface area contributed by atoms with Crippen molar-refractivity contribution in [2.24, 2.45) is 0 Å². The molecule has 21 heavy (non-hydrogen) atoms. The van der Waals surface area contributed by atoms with Crippen LogP contribution in [0, 0.1) is 0 Å². The van der Waals surface area contributed by atoms with Gasteiger partial charge in [0.2, 0.25) is 0 Å². The van der Waals surface area contributed by atoms with E-state index < -0.39 is 0 Å². The van der Waals surface area contributed by atoms with Crippen LogP contribution < -0.4 is 10.1 Å². The summed E-state index contributed by atoms with van der Waals surface area (Å²) in [5.41, 5.74) is 1.83. The van der Waals surface area contributed by atoms with Gasteiger partial charge in [0, 0.05) is 17.1 Å². The van der Waals surface area contributed by atoms with Crippen molar-refractivity contribution < 1.29 is 9.53 Å². The van der Waals surface area contributed by atoms with Crippen molar-refractivity contribution in [2.45, 2.75) is 12.8 Å². The van der Waals surface area contributed by atoms with Crippen molar-refractivity contribution >= 4 is 17.5 Å². The molecular weight excluding hydrogens is 286 g/mol. The van der Waals surface area contributed by atoms with E-state index >= 15 is 0 Å². The molecular formula is C17H18ClNO2. The molecule has 2 rings (SSSR count). The molecule has 0 aromatic heterocycles. The number of carbonyl (C=O) groups excluding carboxylic acids is 1. The molecule has 0 aliphatic rings. The van der Waals surface area contributed by atoms with Gasteiger partial charge in [0.15, 0.2) is 0 Å². The zero-order chi connectivity index (χ0) is 15.1. The van der Waals surface area contributed by atoms with Gasteiger partial charge in [-0.1, -0.05) is 29.8 Å². The molecule has 0 fully saturated rings. The SMILES string of the molecule is COc1cccc(C(=O)NCCCc2ccc(Cl)cc2)c1. The molecule has 1 amide bonds. The van der Waals surface area contributed by atoms with Crippen LogP contribution in [0.15, 0.2) is 48.5 Å². The second kappa shape index (κ2) is 7.70. The molecule has 0 bridgehead atoms. The van der Waals surface area contributed by atoms with Gasteiger partial charge < -0.3 is 10.1 Å². The standard InChI is InChI=1S/C17H18ClNO2/c1-21-16-6-2-5-14(12-16)17(20)19-11-3-4-13-7-9-15(18)10-8-13/h2,5-10,12H,3-4,11H2,1H3,(H,19,20). The van der Waals surface area contributed by atoms with Crippen molar-refractivity contribution in [3.05, 3.63) is 64.7 Å². The maximum absolute atomic E-state index is 12.0. The molecule has 0 aliphatic heterocycles. The van der Waals surface area contributed by atoms with Gasteiger partial charge in [-0.2, -0.15) is 0 Å². The fourth-order valence-corrected chi connectivity index (χ4v) is 2.14. The van der Waals surface area contributed by atoms with Gasteiger partial charge in [0.05, 0.1) is 7.11 Å². The number of amides is 1. The molecule has 0 atom stereocenters. The number of methoxy groups -OCH3 is 1. The molecule has 0 saturated carbocycles. The molecule has 0 heterocycles. The monoisotopic (exact) mass is 303 g/mol. The Hall–Kier alpha value is -2.00. The van der Waals surface area contributed by atoms with Crippen molar-refractivity contribution in [1.82, 2.24) is 5.32 Å². The van der Waals surface area contributed by atoms with Crippen LogP contribution in [0.4, 0.5) is 0 Å². The molecule has 0 unspecified atom stereocenters. The van der Waals surface area contributed by atoms with Crippen LogP contribution in [-0.4, -0.2) is 19.6 Å². The highest BCUT2D eigenvalue weighted by molar-refractivity contribution is 6.30. The summed E-state index contributed by atoms with van der Waals surface area (Å²) in [7, 11) is 1.59. The highest BCUT2D eigenvalue weighted by atomic mass is 35.5. The number of rotatable bonds is 6. The summed E-state index contributed by atoms with van der Waals surface area (Å²) in [6.07, 6.45) is 1.80. The molecule has 0 spiro atoms. The fraction of sp³-hybridized carbons (Fsp3) is 0.235. The molecule has 0 saturated heterocycles. The molecule has 0 aliphatic carbocycles. The Bertz CT molecular complexity index is 596. The lowest BCUT2D eigenvalue weighted by atomic mass is 10.1. The number of aryl methyl sites for hydroxylation is 1. The molecule has 3 nitrogen and oxygen atoms in total. The number of hydrogen-bond acceptors (Lipinski definition) is 2. The number of carbonyl (C=O) groups is 1. The summed E-state index contributed by atoms with van der Waals surface area (Å²) < 4.78 is 5.11. The van der Waals surface area contributed by atoms with Crippen molar-refractivity contribution in [3.8, 4) is 5.75 Å². The summed E-state index contributed by atoms with van der Waals surface area (Å²) in [6, 6.07) is 14.9. The predicted octanol–water partition coefficient (Wildman–Crippen LogP) is 3.71. The van der Waals surface area contributed by atoms with E-state index in [0.717, 1.165) is 17.9 Å². The molecule has 4 heteroatoms. The molecule has 0 radical (unpaired) electrons. The molecule has 110 valence electrons. The van der Waals surface area contributed by atoms with E-state index in [4.69, 9.17) is 16.3 Å². The Kier molecular flexibility index (Phi) is 5.64. The molecule has 1 N–H and O–H groups in total. The summed E-state index contributed by atoms with van der Waals surface area (Å²) in [4.78, 5) is 12.0. The average Bonchev–Trinajstić information content (AvgIpc) is 2.53. The number of halogens is 1. The maximum Gasteiger partial charge on any atom is 0.251 e. The highest BCUT2D eigenvalue weighted by Gasteiger charge is 2.05. The number of ether oxygens (including phenoxy) is 1. The average molecular weight is 304 g/mol. The minimum atomic E-state index is -0.0787. The first-order chi connectivity index (χ1) is 10.2. The van der Waals surface area contributed by atoms with E-state index in [1.807, 2.05) is 36.4 Å². The zero-order valence-corrected chi connectivity index (χ0v) is 12.7. The van der Waals surface area contributed by atoms with E-state index in [2.05, 4.69) is 5.32 Å². The molecule has 2 aromatic carbocycles. The van der Waals surface area contributed by atoms with Crippen LogP contribution in [0.25, 0.3) is 0 Å². The third kappa shape index (κ3) is 4.80. The Morgan fingerprint density at radius 1 is 1.19 bits per heavy atom. The summed E-state index contributed by atoms with van der Waals surface area (Å²) in [5, 5.41) is 3.65. The lowest BCUT2D eigenvalue weighted by Crippen LogP contribution is -2.24. The minimum absolute atomic E-state index is 0.0787. The van der Waals surface area contributed by atoms with Gasteiger partial charge >= 0.3 is 0 Å². The van der Waals surface area contributed by atoms with Crippen molar-refractivity contribution in [2.75, 3.05) is 13.7 Å². The summed E-state index contributed by atoms with van der Waals surface area (Å²) in [5.74, 6) is 0.605. The lowest BCUT2D eigenvalue weighted by Gasteiger charge is -2.07. The first kappa shape index (κ1) is 15.4. The van der Waals surface area contributed by atoms with E-state index in [-0.39, 0.29) is 5.91 Å². The zero-order valence-electron chi connectivity index (χ0n) is 11.9. The van der Waals surface area contributed by atoms with Gasteiger partial charge in [0.25, 0.3) is 5.91 Å². The van der Waals surface area contributed by atoms with Gasteiger partial charge in [-0.05, 0) is 48.7 Å². The fourth-order valence-electron chi connectivity index (χ4n) is 2.01. The van der Waals surface area contributed by atoms with Crippen molar-refractivity contribution in [3.63, 3.8) is 0 Å². The predicted molar refractivity (Wildman–Crippen MR) is 85.1 cm³/mol. The van der Waals surface area contributed by atoms with Gasteiger partial charge in [0.1, 0.15) is 5.75 Å². The van der Waals surface area contributed by atoms with Crippen LogP contribution in [0.1, 0.15) is 22.3 Å². The normalized spacial score (nSPS) is 10.2. The van der Waals surface area contributed by atoms with E-state index in [9.17, 15) is 4.79 Å². The summed E-state index contributed by atoms with van der Waals surface area (Å²) >= 11 is 5.84. The lowest BCUT2D eigenvalue weighted by molar-refractivity contribution is 0.0953. The van der Waals surface area contributed by atoms with E-state index in [1.165, 1.54) is 5.56 Å². The topological polar surface area (TPSA) is 38.3 Å². The highest BCUT2D eigenvalue weighted by Crippen LogP contribution is 2.13. The van der Waals surface area contributed by atoms with Gasteiger partial charge in [-0.25, -0.2) is 0 Å². The second-order valence-corrected chi connectivity index (χ2v) is 5.15. The van der Waals surface area contributed by atoms with Crippen LogP contribution in [0.2, 0.25) is 5.02 Å². The van der Waals surface area contributed by atoms with Crippen LogP contribution >= 0.6 is 11.6 Å². The molecule has 2 aromatic rings. The Morgan fingerprint density at radius 3 is 2.67 bits per heavy atom. The Balaban J connectivity index is 1.77. The second-order valence-electron chi connectivity index (χ2n) is 4.72. The Morgan fingerprint density at radius 2 is 1.95 bits per heavy atom. The van der Waals surface area contributed by atoms with E-state index in [1.54, 1.807) is 19.2 Å². The van der Waals surface area contributed by atoms with Crippen LogP contribution in [0.5, 0.6) is 5.75 Å². The maximum atomic E-state index is 12.0. The third-order valence-corrected chi connectivity index (χ3v) is 3.42.